The zero-order valence-electron chi connectivity index (χ0n) is 10.2. The summed E-state index contributed by atoms with van der Waals surface area (Å²) in [6, 6.07) is 0.696. The number of hydrogen-bond acceptors (Lipinski definition) is 3. The van der Waals surface area contributed by atoms with Gasteiger partial charge in [-0.2, -0.15) is 0 Å². The molecule has 1 aliphatic carbocycles. The molecule has 1 fully saturated rings. The van der Waals surface area contributed by atoms with Crippen molar-refractivity contribution < 1.29 is 4.74 Å². The van der Waals surface area contributed by atoms with Gasteiger partial charge in [-0.1, -0.05) is 6.92 Å². The summed E-state index contributed by atoms with van der Waals surface area (Å²) in [4.78, 5) is 0. The first-order valence-corrected chi connectivity index (χ1v) is 6.31. The van der Waals surface area contributed by atoms with E-state index in [4.69, 9.17) is 10.5 Å². The number of rotatable bonds is 8. The fraction of sp³-hybridized carbons (Fsp3) is 1.00. The molecule has 0 radical (unpaired) electrons. The van der Waals surface area contributed by atoms with Gasteiger partial charge in [-0.25, -0.2) is 0 Å². The minimum absolute atomic E-state index is 0.520. The summed E-state index contributed by atoms with van der Waals surface area (Å²) in [6.07, 6.45) is 5.29. The van der Waals surface area contributed by atoms with Crippen LogP contribution in [0.4, 0.5) is 0 Å². The van der Waals surface area contributed by atoms with Crippen LogP contribution >= 0.6 is 0 Å². The standard InChI is InChI=1S/C12H26N2O/c1-3-15-12-7-11(8-12)14-9-10(2)5-4-6-13/h10-12,14H,3-9,13H2,1-2H3. The maximum Gasteiger partial charge on any atom is 0.0604 e. The number of nitrogens with one attached hydrogen (secondary N) is 1. The van der Waals surface area contributed by atoms with Gasteiger partial charge in [-0.05, 0) is 51.6 Å². The normalized spacial score (nSPS) is 27.4. The molecule has 3 nitrogen and oxygen atoms in total. The van der Waals surface area contributed by atoms with Crippen molar-refractivity contribution in [1.29, 1.82) is 0 Å². The molecule has 1 saturated carbocycles. The lowest BCUT2D eigenvalue weighted by atomic mass is 9.88. The molecule has 0 aromatic heterocycles. The molecule has 15 heavy (non-hydrogen) atoms. The van der Waals surface area contributed by atoms with Gasteiger partial charge in [0.1, 0.15) is 0 Å². The Bertz CT molecular complexity index is 158. The first kappa shape index (κ1) is 12.9. The zero-order valence-corrected chi connectivity index (χ0v) is 10.2. The van der Waals surface area contributed by atoms with E-state index in [9.17, 15) is 0 Å². The fourth-order valence-electron chi connectivity index (χ4n) is 2.04. The van der Waals surface area contributed by atoms with Crippen molar-refractivity contribution in [1.82, 2.24) is 5.32 Å². The van der Waals surface area contributed by atoms with Gasteiger partial charge in [0, 0.05) is 12.6 Å². The van der Waals surface area contributed by atoms with E-state index in [-0.39, 0.29) is 0 Å². The highest BCUT2D eigenvalue weighted by molar-refractivity contribution is 4.86. The van der Waals surface area contributed by atoms with E-state index in [0.717, 1.165) is 32.0 Å². The lowest BCUT2D eigenvalue weighted by molar-refractivity contribution is -0.0105. The highest BCUT2D eigenvalue weighted by Gasteiger charge is 2.28. The lowest BCUT2D eigenvalue weighted by Gasteiger charge is -2.36. The van der Waals surface area contributed by atoms with Crippen LogP contribution in [0.5, 0.6) is 0 Å². The number of hydrogen-bond donors (Lipinski definition) is 2. The van der Waals surface area contributed by atoms with Crippen molar-refractivity contribution in [2.45, 2.75) is 51.7 Å². The first-order chi connectivity index (χ1) is 7.26. The van der Waals surface area contributed by atoms with Crippen molar-refractivity contribution in [3.05, 3.63) is 0 Å². The average Bonchev–Trinajstić information content (AvgIpc) is 2.18. The Balaban J connectivity index is 1.93. The van der Waals surface area contributed by atoms with Gasteiger partial charge in [0.05, 0.1) is 6.10 Å². The van der Waals surface area contributed by atoms with Crippen LogP contribution < -0.4 is 11.1 Å². The summed E-state index contributed by atoms with van der Waals surface area (Å²) >= 11 is 0. The summed E-state index contributed by atoms with van der Waals surface area (Å²) in [5.41, 5.74) is 5.48. The monoisotopic (exact) mass is 214 g/mol. The van der Waals surface area contributed by atoms with Gasteiger partial charge in [0.25, 0.3) is 0 Å². The van der Waals surface area contributed by atoms with E-state index >= 15 is 0 Å². The maximum atomic E-state index is 5.52. The van der Waals surface area contributed by atoms with E-state index in [0.29, 0.717) is 12.1 Å². The topological polar surface area (TPSA) is 47.3 Å². The van der Waals surface area contributed by atoms with Crippen LogP contribution in [0.1, 0.15) is 39.5 Å². The SMILES string of the molecule is CCOC1CC(NCC(C)CCCN)C1. The van der Waals surface area contributed by atoms with E-state index in [1.165, 1.54) is 19.3 Å². The predicted molar refractivity (Wildman–Crippen MR) is 63.9 cm³/mol. The third-order valence-corrected chi connectivity index (χ3v) is 3.15. The molecular formula is C12H26N2O. The minimum atomic E-state index is 0.520. The van der Waals surface area contributed by atoms with Gasteiger partial charge in [0.15, 0.2) is 0 Å². The predicted octanol–water partition coefficient (Wildman–Crippen LogP) is 1.52. The molecule has 0 aromatic rings. The van der Waals surface area contributed by atoms with Crippen molar-refractivity contribution in [2.75, 3.05) is 19.7 Å². The van der Waals surface area contributed by atoms with Gasteiger partial charge in [0.2, 0.25) is 0 Å². The largest absolute Gasteiger partial charge is 0.378 e. The average molecular weight is 214 g/mol. The molecule has 0 aromatic carbocycles. The van der Waals surface area contributed by atoms with E-state index < -0.39 is 0 Å². The lowest BCUT2D eigenvalue weighted by Crippen LogP contribution is -2.46. The molecule has 0 spiro atoms. The van der Waals surface area contributed by atoms with Crippen molar-refractivity contribution in [3.8, 4) is 0 Å². The summed E-state index contributed by atoms with van der Waals surface area (Å²) < 4.78 is 5.52. The summed E-state index contributed by atoms with van der Waals surface area (Å²) in [5.74, 6) is 0.750. The molecule has 1 atom stereocenters. The number of ether oxygens (including phenoxy) is 1. The zero-order chi connectivity index (χ0) is 11.1. The summed E-state index contributed by atoms with van der Waals surface area (Å²) in [5, 5.41) is 3.60. The smallest absolute Gasteiger partial charge is 0.0604 e. The first-order valence-electron chi connectivity index (χ1n) is 6.31. The Morgan fingerprint density at radius 1 is 1.47 bits per heavy atom. The van der Waals surface area contributed by atoms with Crippen LogP contribution in [0.25, 0.3) is 0 Å². The van der Waals surface area contributed by atoms with Gasteiger partial charge >= 0.3 is 0 Å². The molecule has 1 aliphatic rings. The van der Waals surface area contributed by atoms with Crippen LogP contribution in [0.15, 0.2) is 0 Å². The van der Waals surface area contributed by atoms with Crippen molar-refractivity contribution in [3.63, 3.8) is 0 Å². The molecule has 1 rings (SSSR count). The molecule has 90 valence electrons. The minimum Gasteiger partial charge on any atom is -0.378 e. The highest BCUT2D eigenvalue weighted by Crippen LogP contribution is 2.23. The van der Waals surface area contributed by atoms with Crippen molar-refractivity contribution >= 4 is 0 Å². The van der Waals surface area contributed by atoms with E-state index in [1.54, 1.807) is 0 Å². The Morgan fingerprint density at radius 2 is 2.20 bits per heavy atom. The van der Waals surface area contributed by atoms with Gasteiger partial charge < -0.3 is 15.8 Å². The van der Waals surface area contributed by atoms with Gasteiger partial charge in [-0.3, -0.25) is 0 Å². The Labute approximate surface area is 93.8 Å². The highest BCUT2D eigenvalue weighted by atomic mass is 16.5. The second kappa shape index (κ2) is 7.20. The molecule has 0 amide bonds. The van der Waals surface area contributed by atoms with Crippen LogP contribution in [-0.2, 0) is 4.74 Å². The van der Waals surface area contributed by atoms with E-state index in [2.05, 4.69) is 19.2 Å². The summed E-state index contributed by atoms with van der Waals surface area (Å²) in [6.45, 7) is 7.16. The molecule has 0 saturated heterocycles. The van der Waals surface area contributed by atoms with Crippen LogP contribution in [0.2, 0.25) is 0 Å². The summed E-state index contributed by atoms with van der Waals surface area (Å²) in [7, 11) is 0. The third kappa shape index (κ3) is 4.96. The molecule has 0 aliphatic heterocycles. The van der Waals surface area contributed by atoms with Gasteiger partial charge in [-0.15, -0.1) is 0 Å². The van der Waals surface area contributed by atoms with Crippen molar-refractivity contribution in [2.24, 2.45) is 11.7 Å². The van der Waals surface area contributed by atoms with Crippen LogP contribution in [-0.4, -0.2) is 31.8 Å². The Kier molecular flexibility index (Phi) is 6.22. The maximum absolute atomic E-state index is 5.52. The Morgan fingerprint density at radius 3 is 2.80 bits per heavy atom. The second-order valence-corrected chi connectivity index (χ2v) is 4.69. The molecule has 0 bridgehead atoms. The third-order valence-electron chi connectivity index (χ3n) is 3.15. The molecule has 1 unspecified atom stereocenters. The van der Waals surface area contributed by atoms with Crippen LogP contribution in [0, 0.1) is 5.92 Å². The Hall–Kier alpha value is -0.120. The molecule has 3 heteroatoms. The van der Waals surface area contributed by atoms with E-state index in [1.807, 2.05) is 0 Å². The van der Waals surface area contributed by atoms with Crippen LogP contribution in [0.3, 0.4) is 0 Å². The second-order valence-electron chi connectivity index (χ2n) is 4.69. The quantitative estimate of drug-likeness (QED) is 0.644. The number of nitrogens with two attached hydrogens (primary N) is 1. The molecule has 0 heterocycles. The molecular weight excluding hydrogens is 188 g/mol. The fourth-order valence-corrected chi connectivity index (χ4v) is 2.04. The molecule has 3 N–H and O–H groups in total.